The molecule has 2 nitrogen and oxygen atoms in total. The summed E-state index contributed by atoms with van der Waals surface area (Å²) in [4.78, 5) is 0.905. The molecule has 0 radical (unpaired) electrons. The first-order valence-electron chi connectivity index (χ1n) is 5.52. The van der Waals surface area contributed by atoms with Gasteiger partial charge in [0.1, 0.15) is 0 Å². The van der Waals surface area contributed by atoms with Gasteiger partial charge < -0.3 is 5.73 Å². The minimum Gasteiger partial charge on any atom is -0.326 e. The Bertz CT molecular complexity index is 382. The zero-order valence-corrected chi connectivity index (χ0v) is 11.3. The molecule has 1 aromatic carbocycles. The molecular weight excluding hydrogens is 218 g/mol. The van der Waals surface area contributed by atoms with E-state index in [9.17, 15) is 4.21 Å². The van der Waals surface area contributed by atoms with Gasteiger partial charge in [-0.2, -0.15) is 0 Å². The Hall–Kier alpha value is -0.670. The molecule has 0 aliphatic carbocycles. The first-order valence-corrected chi connectivity index (χ1v) is 6.84. The van der Waals surface area contributed by atoms with Crippen molar-refractivity contribution in [3.8, 4) is 0 Å². The van der Waals surface area contributed by atoms with Crippen LogP contribution in [0.25, 0.3) is 0 Å². The Balaban J connectivity index is 2.78. The van der Waals surface area contributed by atoms with Gasteiger partial charge in [-0.3, -0.25) is 4.21 Å². The highest BCUT2D eigenvalue weighted by Gasteiger charge is 2.23. The quantitative estimate of drug-likeness (QED) is 0.880. The SMILES string of the molecule is Cc1ccccc1S(=O)CC(N)C(C)(C)C. The average Bonchev–Trinajstić information content (AvgIpc) is 2.16. The molecule has 0 saturated carbocycles. The Morgan fingerprint density at radius 2 is 1.88 bits per heavy atom. The molecule has 0 fully saturated rings. The van der Waals surface area contributed by atoms with Gasteiger partial charge in [-0.15, -0.1) is 0 Å². The lowest BCUT2D eigenvalue weighted by Crippen LogP contribution is -2.39. The van der Waals surface area contributed by atoms with Gasteiger partial charge in [0.2, 0.25) is 0 Å². The van der Waals surface area contributed by atoms with E-state index in [1.807, 2.05) is 31.2 Å². The Labute approximate surface area is 101 Å². The summed E-state index contributed by atoms with van der Waals surface area (Å²) in [5, 5.41) is 0. The van der Waals surface area contributed by atoms with Crippen molar-refractivity contribution in [2.24, 2.45) is 11.1 Å². The third-order valence-corrected chi connectivity index (χ3v) is 4.39. The van der Waals surface area contributed by atoms with Crippen molar-refractivity contribution in [2.75, 3.05) is 5.75 Å². The number of benzene rings is 1. The molecule has 0 aromatic heterocycles. The highest BCUT2D eigenvalue weighted by molar-refractivity contribution is 7.85. The summed E-state index contributed by atoms with van der Waals surface area (Å²) in [6.07, 6.45) is 0. The van der Waals surface area contributed by atoms with E-state index in [1.54, 1.807) is 0 Å². The number of nitrogens with two attached hydrogens (primary N) is 1. The van der Waals surface area contributed by atoms with E-state index in [4.69, 9.17) is 5.73 Å². The standard InChI is InChI=1S/C13H21NOS/c1-10-7-5-6-8-11(10)16(15)9-12(14)13(2,3)4/h5-8,12H,9,14H2,1-4H3. The second-order valence-electron chi connectivity index (χ2n) is 5.25. The number of hydrogen-bond acceptors (Lipinski definition) is 2. The van der Waals surface area contributed by atoms with Gasteiger partial charge in [0.15, 0.2) is 0 Å². The molecule has 90 valence electrons. The predicted molar refractivity (Wildman–Crippen MR) is 69.9 cm³/mol. The third kappa shape index (κ3) is 3.42. The normalized spacial score (nSPS) is 15.8. The topological polar surface area (TPSA) is 43.1 Å². The highest BCUT2D eigenvalue weighted by atomic mass is 32.2. The van der Waals surface area contributed by atoms with Gasteiger partial charge >= 0.3 is 0 Å². The van der Waals surface area contributed by atoms with Crippen LogP contribution in [0.15, 0.2) is 29.2 Å². The molecule has 0 aliphatic heterocycles. The minimum atomic E-state index is -0.997. The van der Waals surface area contributed by atoms with Gasteiger partial charge in [0.05, 0.1) is 10.8 Å². The lowest BCUT2D eigenvalue weighted by Gasteiger charge is -2.26. The van der Waals surface area contributed by atoms with Crippen molar-refractivity contribution in [3.05, 3.63) is 29.8 Å². The Kier molecular flexibility index (Phi) is 4.28. The van der Waals surface area contributed by atoms with Crippen LogP contribution >= 0.6 is 0 Å². The predicted octanol–water partition coefficient (Wildman–Crippen LogP) is 2.48. The molecule has 0 amide bonds. The van der Waals surface area contributed by atoms with Crippen LogP contribution in [0.4, 0.5) is 0 Å². The van der Waals surface area contributed by atoms with Crippen LogP contribution in [0.2, 0.25) is 0 Å². The van der Waals surface area contributed by atoms with Gasteiger partial charge in [-0.05, 0) is 24.0 Å². The highest BCUT2D eigenvalue weighted by Crippen LogP contribution is 2.20. The maximum Gasteiger partial charge on any atom is 0.0548 e. The fourth-order valence-electron chi connectivity index (χ4n) is 1.31. The Morgan fingerprint density at radius 1 is 1.31 bits per heavy atom. The van der Waals surface area contributed by atoms with Crippen molar-refractivity contribution in [2.45, 2.75) is 38.6 Å². The van der Waals surface area contributed by atoms with Crippen molar-refractivity contribution < 1.29 is 4.21 Å². The zero-order chi connectivity index (χ0) is 12.3. The number of aryl methyl sites for hydroxylation is 1. The van der Waals surface area contributed by atoms with Crippen LogP contribution < -0.4 is 5.73 Å². The van der Waals surface area contributed by atoms with E-state index in [0.717, 1.165) is 10.5 Å². The summed E-state index contributed by atoms with van der Waals surface area (Å²) < 4.78 is 12.2. The molecule has 1 aromatic rings. The van der Waals surface area contributed by atoms with Crippen LogP contribution in [0.1, 0.15) is 26.3 Å². The summed E-state index contributed by atoms with van der Waals surface area (Å²) in [6.45, 7) is 8.21. The van der Waals surface area contributed by atoms with Crippen molar-refractivity contribution in [1.82, 2.24) is 0 Å². The van der Waals surface area contributed by atoms with Gasteiger partial charge in [0.25, 0.3) is 0 Å². The lowest BCUT2D eigenvalue weighted by atomic mass is 9.89. The average molecular weight is 239 g/mol. The summed E-state index contributed by atoms with van der Waals surface area (Å²) in [6, 6.07) is 7.73. The molecule has 0 spiro atoms. The zero-order valence-electron chi connectivity index (χ0n) is 10.5. The van der Waals surface area contributed by atoms with Crippen molar-refractivity contribution in [3.63, 3.8) is 0 Å². The second-order valence-corrected chi connectivity index (χ2v) is 6.71. The summed E-state index contributed by atoms with van der Waals surface area (Å²) in [5.74, 6) is 0.522. The molecule has 0 heterocycles. The minimum absolute atomic E-state index is 0.00164. The molecule has 2 atom stereocenters. The molecular formula is C13H21NOS. The Morgan fingerprint density at radius 3 is 2.38 bits per heavy atom. The summed E-state index contributed by atoms with van der Waals surface area (Å²) >= 11 is 0. The van der Waals surface area contributed by atoms with Crippen LogP contribution in [-0.4, -0.2) is 16.0 Å². The molecule has 0 aliphatic rings. The number of hydrogen-bond donors (Lipinski definition) is 1. The monoisotopic (exact) mass is 239 g/mol. The summed E-state index contributed by atoms with van der Waals surface area (Å²) in [5.41, 5.74) is 7.12. The van der Waals surface area contributed by atoms with E-state index in [2.05, 4.69) is 20.8 Å². The fraction of sp³-hybridized carbons (Fsp3) is 0.538. The molecule has 1 rings (SSSR count). The number of rotatable bonds is 3. The van der Waals surface area contributed by atoms with Crippen LogP contribution in [0.3, 0.4) is 0 Å². The lowest BCUT2D eigenvalue weighted by molar-refractivity contribution is 0.342. The van der Waals surface area contributed by atoms with Crippen molar-refractivity contribution >= 4 is 10.8 Å². The molecule has 16 heavy (non-hydrogen) atoms. The maximum absolute atomic E-state index is 12.2. The van der Waals surface area contributed by atoms with Gasteiger partial charge in [-0.25, -0.2) is 0 Å². The summed E-state index contributed by atoms with van der Waals surface area (Å²) in [7, 11) is -0.997. The van der Waals surface area contributed by atoms with Crippen LogP contribution in [0, 0.1) is 12.3 Å². The fourth-order valence-corrected chi connectivity index (χ4v) is 2.98. The second kappa shape index (κ2) is 5.11. The molecule has 3 heteroatoms. The van der Waals surface area contributed by atoms with Crippen LogP contribution in [-0.2, 0) is 10.8 Å². The third-order valence-electron chi connectivity index (χ3n) is 2.78. The van der Waals surface area contributed by atoms with E-state index >= 15 is 0 Å². The van der Waals surface area contributed by atoms with E-state index in [-0.39, 0.29) is 11.5 Å². The molecule has 0 bridgehead atoms. The first-order chi connectivity index (χ1) is 7.32. The largest absolute Gasteiger partial charge is 0.326 e. The first kappa shape index (κ1) is 13.4. The van der Waals surface area contributed by atoms with Gasteiger partial charge in [-0.1, -0.05) is 39.0 Å². The molecule has 2 unspecified atom stereocenters. The molecule has 2 N–H and O–H groups in total. The van der Waals surface area contributed by atoms with Gasteiger partial charge in [0, 0.05) is 16.7 Å². The maximum atomic E-state index is 12.2. The van der Waals surface area contributed by atoms with E-state index in [0.29, 0.717) is 5.75 Å². The van der Waals surface area contributed by atoms with Crippen molar-refractivity contribution in [1.29, 1.82) is 0 Å². The van der Waals surface area contributed by atoms with E-state index < -0.39 is 10.8 Å². The van der Waals surface area contributed by atoms with Crippen LogP contribution in [0.5, 0.6) is 0 Å². The molecule has 0 saturated heterocycles. The smallest absolute Gasteiger partial charge is 0.0548 e. The van der Waals surface area contributed by atoms with E-state index in [1.165, 1.54) is 0 Å².